The van der Waals surface area contributed by atoms with E-state index in [2.05, 4.69) is 41.4 Å². The Morgan fingerprint density at radius 1 is 1.04 bits per heavy atom. The highest BCUT2D eigenvalue weighted by Crippen LogP contribution is 2.28. The summed E-state index contributed by atoms with van der Waals surface area (Å²) in [7, 11) is 0. The van der Waals surface area contributed by atoms with E-state index in [0.29, 0.717) is 5.56 Å². The summed E-state index contributed by atoms with van der Waals surface area (Å²) in [6.45, 7) is 2.45. The number of fused-ring (bicyclic) bond motifs is 1. The van der Waals surface area contributed by atoms with Gasteiger partial charge in [0, 0.05) is 24.0 Å². The highest BCUT2D eigenvalue weighted by Gasteiger charge is 2.23. The number of nitrogens with zero attached hydrogens (tertiary/aromatic N) is 4. The summed E-state index contributed by atoms with van der Waals surface area (Å²) in [5.41, 5.74) is 5.43. The SMILES string of the molecule is N#Cc1cccc(N2Cc3cn(Cc4ccccc4)nc3C2)c1. The van der Waals surface area contributed by atoms with E-state index < -0.39 is 0 Å². The van der Waals surface area contributed by atoms with Crippen molar-refractivity contribution in [2.24, 2.45) is 0 Å². The molecule has 2 heterocycles. The van der Waals surface area contributed by atoms with E-state index >= 15 is 0 Å². The molecule has 0 saturated heterocycles. The number of rotatable bonds is 3. The van der Waals surface area contributed by atoms with Gasteiger partial charge in [0.1, 0.15) is 0 Å². The maximum atomic E-state index is 9.03. The summed E-state index contributed by atoms with van der Waals surface area (Å²) < 4.78 is 2.02. The van der Waals surface area contributed by atoms with E-state index in [0.717, 1.165) is 31.0 Å². The molecule has 23 heavy (non-hydrogen) atoms. The molecular weight excluding hydrogens is 284 g/mol. The Morgan fingerprint density at radius 2 is 1.91 bits per heavy atom. The van der Waals surface area contributed by atoms with Gasteiger partial charge in [0.15, 0.2) is 0 Å². The lowest BCUT2D eigenvalue weighted by Crippen LogP contribution is -2.16. The first-order valence-corrected chi connectivity index (χ1v) is 7.66. The second-order valence-corrected chi connectivity index (χ2v) is 5.80. The van der Waals surface area contributed by atoms with Crippen molar-refractivity contribution < 1.29 is 0 Å². The molecule has 3 aromatic rings. The molecule has 0 aliphatic carbocycles. The quantitative estimate of drug-likeness (QED) is 0.745. The molecule has 4 nitrogen and oxygen atoms in total. The Balaban J connectivity index is 1.51. The normalized spacial score (nSPS) is 12.9. The van der Waals surface area contributed by atoms with Crippen molar-refractivity contribution in [1.29, 1.82) is 5.26 Å². The van der Waals surface area contributed by atoms with Crippen LogP contribution in [0, 0.1) is 11.3 Å². The maximum absolute atomic E-state index is 9.03. The van der Waals surface area contributed by atoms with Crippen LogP contribution in [0.15, 0.2) is 60.8 Å². The minimum atomic E-state index is 0.696. The highest BCUT2D eigenvalue weighted by molar-refractivity contribution is 5.54. The molecule has 0 spiro atoms. The highest BCUT2D eigenvalue weighted by atomic mass is 15.3. The molecule has 1 aromatic heterocycles. The fraction of sp³-hybridized carbons (Fsp3) is 0.158. The van der Waals surface area contributed by atoms with Crippen molar-refractivity contribution in [2.45, 2.75) is 19.6 Å². The molecule has 0 amide bonds. The number of nitriles is 1. The van der Waals surface area contributed by atoms with Crippen LogP contribution in [0.4, 0.5) is 5.69 Å². The van der Waals surface area contributed by atoms with Gasteiger partial charge in [-0.15, -0.1) is 0 Å². The number of hydrogen-bond donors (Lipinski definition) is 0. The number of benzene rings is 2. The van der Waals surface area contributed by atoms with Gasteiger partial charge in [-0.1, -0.05) is 36.4 Å². The molecule has 0 N–H and O–H groups in total. The zero-order valence-corrected chi connectivity index (χ0v) is 12.7. The van der Waals surface area contributed by atoms with Crippen molar-refractivity contribution in [2.75, 3.05) is 4.90 Å². The third kappa shape index (κ3) is 2.69. The van der Waals surface area contributed by atoms with Crippen LogP contribution >= 0.6 is 0 Å². The van der Waals surface area contributed by atoms with Crippen LogP contribution in [0.1, 0.15) is 22.4 Å². The monoisotopic (exact) mass is 300 g/mol. The second-order valence-electron chi connectivity index (χ2n) is 5.80. The molecular formula is C19H16N4. The van der Waals surface area contributed by atoms with Crippen LogP contribution < -0.4 is 4.90 Å². The van der Waals surface area contributed by atoms with E-state index in [9.17, 15) is 0 Å². The van der Waals surface area contributed by atoms with Crippen molar-refractivity contribution in [3.8, 4) is 6.07 Å². The molecule has 0 radical (unpaired) electrons. The summed E-state index contributed by atoms with van der Waals surface area (Å²) in [6.07, 6.45) is 2.14. The largest absolute Gasteiger partial charge is 0.361 e. The first kappa shape index (κ1) is 13.6. The van der Waals surface area contributed by atoms with E-state index in [4.69, 9.17) is 10.4 Å². The van der Waals surface area contributed by atoms with Crippen LogP contribution in [0.5, 0.6) is 0 Å². The fourth-order valence-corrected chi connectivity index (χ4v) is 3.02. The maximum Gasteiger partial charge on any atom is 0.0992 e. The minimum Gasteiger partial charge on any atom is -0.361 e. The third-order valence-corrected chi connectivity index (χ3v) is 4.15. The molecule has 0 saturated carbocycles. The second kappa shape index (κ2) is 5.62. The van der Waals surface area contributed by atoms with Crippen LogP contribution in [-0.2, 0) is 19.6 Å². The predicted molar refractivity (Wildman–Crippen MR) is 88.8 cm³/mol. The lowest BCUT2D eigenvalue weighted by molar-refractivity contribution is 0.662. The van der Waals surface area contributed by atoms with Crippen molar-refractivity contribution in [3.63, 3.8) is 0 Å². The van der Waals surface area contributed by atoms with Gasteiger partial charge < -0.3 is 4.90 Å². The molecule has 4 rings (SSSR count). The smallest absolute Gasteiger partial charge is 0.0992 e. The van der Waals surface area contributed by atoms with Gasteiger partial charge in [-0.25, -0.2) is 0 Å². The molecule has 0 fully saturated rings. The predicted octanol–water partition coefficient (Wildman–Crippen LogP) is 3.32. The number of anilines is 1. The molecule has 4 heteroatoms. The summed E-state index contributed by atoms with van der Waals surface area (Å²) in [5, 5.41) is 13.7. The average molecular weight is 300 g/mol. The number of aromatic nitrogens is 2. The Hall–Kier alpha value is -3.06. The van der Waals surface area contributed by atoms with Crippen LogP contribution in [0.25, 0.3) is 0 Å². The van der Waals surface area contributed by atoms with Gasteiger partial charge in [0.25, 0.3) is 0 Å². The summed E-state index contributed by atoms with van der Waals surface area (Å²) >= 11 is 0. The zero-order chi connectivity index (χ0) is 15.6. The Kier molecular flexibility index (Phi) is 3.32. The summed E-state index contributed by atoms with van der Waals surface area (Å²) in [5.74, 6) is 0. The van der Waals surface area contributed by atoms with Crippen molar-refractivity contribution >= 4 is 5.69 Å². The molecule has 112 valence electrons. The molecule has 2 aromatic carbocycles. The molecule has 0 atom stereocenters. The topological polar surface area (TPSA) is 44.9 Å². The van der Waals surface area contributed by atoms with Gasteiger partial charge in [-0.3, -0.25) is 4.68 Å². The lowest BCUT2D eigenvalue weighted by Gasteiger charge is -2.18. The van der Waals surface area contributed by atoms with Crippen molar-refractivity contribution in [3.05, 3.63) is 83.2 Å². The van der Waals surface area contributed by atoms with Gasteiger partial charge in [-0.2, -0.15) is 10.4 Å². The van der Waals surface area contributed by atoms with Gasteiger partial charge in [-0.05, 0) is 23.8 Å². The molecule has 0 unspecified atom stereocenters. The standard InChI is InChI=1S/C19H16N4/c20-10-16-7-4-8-18(9-16)22-12-17-13-23(21-19(17)14-22)11-15-5-2-1-3-6-15/h1-9,13H,11-12,14H2. The number of hydrogen-bond acceptors (Lipinski definition) is 3. The zero-order valence-electron chi connectivity index (χ0n) is 12.7. The lowest BCUT2D eigenvalue weighted by atomic mass is 10.2. The minimum absolute atomic E-state index is 0.696. The van der Waals surface area contributed by atoms with Gasteiger partial charge in [0.2, 0.25) is 0 Å². The van der Waals surface area contributed by atoms with E-state index in [1.807, 2.05) is 35.0 Å². The average Bonchev–Trinajstić information content (AvgIpc) is 3.14. The molecule has 1 aliphatic rings. The summed E-state index contributed by atoms with van der Waals surface area (Å²) in [6, 6.07) is 20.3. The molecule has 0 bridgehead atoms. The van der Waals surface area contributed by atoms with Gasteiger partial charge in [0.05, 0.1) is 30.4 Å². The Labute approximate surface area is 135 Å². The van der Waals surface area contributed by atoms with Crippen molar-refractivity contribution in [1.82, 2.24) is 9.78 Å². The van der Waals surface area contributed by atoms with Gasteiger partial charge >= 0.3 is 0 Å². The van der Waals surface area contributed by atoms with Crippen LogP contribution in [-0.4, -0.2) is 9.78 Å². The fourth-order valence-electron chi connectivity index (χ4n) is 3.02. The van der Waals surface area contributed by atoms with E-state index in [-0.39, 0.29) is 0 Å². The Bertz CT molecular complexity index is 850. The Morgan fingerprint density at radius 3 is 2.70 bits per heavy atom. The van der Waals surface area contributed by atoms with Crippen LogP contribution in [0.2, 0.25) is 0 Å². The third-order valence-electron chi connectivity index (χ3n) is 4.15. The van der Waals surface area contributed by atoms with Crippen LogP contribution in [0.3, 0.4) is 0 Å². The molecule has 1 aliphatic heterocycles. The first-order valence-electron chi connectivity index (χ1n) is 7.66. The first-order chi connectivity index (χ1) is 11.3. The van der Waals surface area contributed by atoms with E-state index in [1.165, 1.54) is 11.1 Å². The summed E-state index contributed by atoms with van der Waals surface area (Å²) in [4.78, 5) is 2.26. The van der Waals surface area contributed by atoms with E-state index in [1.54, 1.807) is 0 Å².